The van der Waals surface area contributed by atoms with Gasteiger partial charge in [0.05, 0.1) is 24.9 Å². The average Bonchev–Trinajstić information content (AvgIpc) is 2.27. The predicted octanol–water partition coefficient (Wildman–Crippen LogP) is 2.30. The van der Waals surface area contributed by atoms with Gasteiger partial charge in [0.25, 0.3) is 0 Å². The van der Waals surface area contributed by atoms with Gasteiger partial charge in [0.2, 0.25) is 0 Å². The number of benzene rings is 1. The first-order valence-corrected chi connectivity index (χ1v) is 4.82. The summed E-state index contributed by atoms with van der Waals surface area (Å²) in [6, 6.07) is 7.62. The largest absolute Gasteiger partial charge is 0.495 e. The van der Waals surface area contributed by atoms with Crippen LogP contribution in [0.4, 0.5) is 0 Å². The summed E-state index contributed by atoms with van der Waals surface area (Å²) in [5.74, 6) is 0.727. The number of aliphatic hydroxyl groups is 1. The van der Waals surface area contributed by atoms with Gasteiger partial charge in [0, 0.05) is 5.39 Å². The standard InChI is InChI=1S/C12H13NO2/c1-8(14)9-3-4-12-10(5-9)6-11(15-2)7-13-12/h3-8,14H,1-2H3. The molecule has 0 amide bonds. The van der Waals surface area contributed by atoms with Gasteiger partial charge in [-0.15, -0.1) is 0 Å². The third-order valence-corrected chi connectivity index (χ3v) is 2.40. The van der Waals surface area contributed by atoms with Crippen LogP contribution in [0.25, 0.3) is 10.9 Å². The van der Waals surface area contributed by atoms with Gasteiger partial charge < -0.3 is 9.84 Å². The van der Waals surface area contributed by atoms with Crippen LogP contribution in [0.1, 0.15) is 18.6 Å². The molecule has 1 N–H and O–H groups in total. The molecule has 3 nitrogen and oxygen atoms in total. The van der Waals surface area contributed by atoms with Gasteiger partial charge in [-0.05, 0) is 30.7 Å². The van der Waals surface area contributed by atoms with Crippen LogP contribution in [-0.2, 0) is 0 Å². The van der Waals surface area contributed by atoms with Crippen molar-refractivity contribution < 1.29 is 9.84 Å². The summed E-state index contributed by atoms with van der Waals surface area (Å²) >= 11 is 0. The lowest BCUT2D eigenvalue weighted by Crippen LogP contribution is -1.91. The Morgan fingerprint density at radius 3 is 2.80 bits per heavy atom. The number of methoxy groups -OCH3 is 1. The second-order valence-electron chi connectivity index (χ2n) is 3.50. The second kappa shape index (κ2) is 3.87. The van der Waals surface area contributed by atoms with Gasteiger partial charge in [-0.1, -0.05) is 6.07 Å². The molecule has 3 heteroatoms. The van der Waals surface area contributed by atoms with Crippen molar-refractivity contribution in [3.63, 3.8) is 0 Å². The summed E-state index contributed by atoms with van der Waals surface area (Å²) in [5, 5.41) is 10.4. The number of nitrogens with zero attached hydrogens (tertiary/aromatic N) is 1. The third-order valence-electron chi connectivity index (χ3n) is 2.40. The molecule has 2 aromatic rings. The molecule has 0 bridgehead atoms. The smallest absolute Gasteiger partial charge is 0.137 e. The minimum absolute atomic E-state index is 0.458. The highest BCUT2D eigenvalue weighted by atomic mass is 16.5. The Kier molecular flexibility index (Phi) is 2.56. The van der Waals surface area contributed by atoms with Gasteiger partial charge in [0.1, 0.15) is 5.75 Å². The number of hydrogen-bond donors (Lipinski definition) is 1. The highest BCUT2D eigenvalue weighted by molar-refractivity contribution is 5.80. The summed E-state index contributed by atoms with van der Waals surface area (Å²) in [6.45, 7) is 1.74. The monoisotopic (exact) mass is 203 g/mol. The molecule has 0 radical (unpaired) electrons. The van der Waals surface area contributed by atoms with E-state index < -0.39 is 6.10 Å². The van der Waals surface area contributed by atoms with Crippen molar-refractivity contribution in [1.82, 2.24) is 4.98 Å². The lowest BCUT2D eigenvalue weighted by atomic mass is 10.1. The van der Waals surface area contributed by atoms with Gasteiger partial charge in [-0.25, -0.2) is 0 Å². The van der Waals surface area contributed by atoms with Crippen molar-refractivity contribution in [1.29, 1.82) is 0 Å². The molecule has 0 aliphatic heterocycles. The number of fused-ring (bicyclic) bond motifs is 1. The molecule has 1 aromatic heterocycles. The molecule has 1 unspecified atom stereocenters. The van der Waals surface area contributed by atoms with Gasteiger partial charge in [0.15, 0.2) is 0 Å². The van der Waals surface area contributed by atoms with E-state index in [1.165, 1.54) is 0 Å². The van der Waals surface area contributed by atoms with E-state index in [0.29, 0.717) is 0 Å². The minimum atomic E-state index is -0.458. The first-order chi connectivity index (χ1) is 7.20. The normalized spacial score (nSPS) is 12.7. The fourth-order valence-electron chi connectivity index (χ4n) is 1.50. The van der Waals surface area contributed by atoms with Crippen molar-refractivity contribution in [2.75, 3.05) is 7.11 Å². The minimum Gasteiger partial charge on any atom is -0.495 e. The third kappa shape index (κ3) is 1.92. The van der Waals surface area contributed by atoms with E-state index >= 15 is 0 Å². The summed E-state index contributed by atoms with van der Waals surface area (Å²) in [4.78, 5) is 4.25. The molecule has 0 aliphatic carbocycles. The van der Waals surface area contributed by atoms with Gasteiger partial charge >= 0.3 is 0 Å². The zero-order valence-corrected chi connectivity index (χ0v) is 8.77. The van der Waals surface area contributed by atoms with Crippen LogP contribution >= 0.6 is 0 Å². The average molecular weight is 203 g/mol. The van der Waals surface area contributed by atoms with E-state index in [0.717, 1.165) is 22.2 Å². The molecular weight excluding hydrogens is 190 g/mol. The van der Waals surface area contributed by atoms with Crippen molar-refractivity contribution in [2.45, 2.75) is 13.0 Å². The first-order valence-electron chi connectivity index (χ1n) is 4.82. The van der Waals surface area contributed by atoms with Crippen LogP contribution in [0, 0.1) is 0 Å². The van der Waals surface area contributed by atoms with Gasteiger partial charge in [-0.2, -0.15) is 0 Å². The number of aromatic nitrogens is 1. The molecule has 15 heavy (non-hydrogen) atoms. The molecule has 1 atom stereocenters. The summed E-state index contributed by atoms with van der Waals surface area (Å²) in [5.41, 5.74) is 1.79. The zero-order valence-electron chi connectivity index (χ0n) is 8.77. The van der Waals surface area contributed by atoms with Crippen LogP contribution in [0.3, 0.4) is 0 Å². The van der Waals surface area contributed by atoms with E-state index in [2.05, 4.69) is 4.98 Å². The number of aliphatic hydroxyl groups excluding tert-OH is 1. The number of rotatable bonds is 2. The SMILES string of the molecule is COc1cnc2ccc(C(C)O)cc2c1. The van der Waals surface area contributed by atoms with Crippen LogP contribution in [-0.4, -0.2) is 17.2 Å². The van der Waals surface area contributed by atoms with Crippen molar-refractivity contribution >= 4 is 10.9 Å². The van der Waals surface area contributed by atoms with Crippen molar-refractivity contribution in [2.24, 2.45) is 0 Å². The Labute approximate surface area is 88.3 Å². The second-order valence-corrected chi connectivity index (χ2v) is 3.50. The van der Waals surface area contributed by atoms with Gasteiger partial charge in [-0.3, -0.25) is 4.98 Å². The van der Waals surface area contributed by atoms with Crippen LogP contribution in [0.5, 0.6) is 5.75 Å². The highest BCUT2D eigenvalue weighted by Crippen LogP contribution is 2.22. The van der Waals surface area contributed by atoms with E-state index in [1.54, 1.807) is 20.2 Å². The number of ether oxygens (including phenoxy) is 1. The summed E-state index contributed by atoms with van der Waals surface area (Å²) in [7, 11) is 1.61. The van der Waals surface area contributed by atoms with Crippen LogP contribution in [0.2, 0.25) is 0 Å². The maximum Gasteiger partial charge on any atom is 0.137 e. The molecular formula is C12H13NO2. The lowest BCUT2D eigenvalue weighted by molar-refractivity contribution is 0.199. The number of pyridine rings is 1. The lowest BCUT2D eigenvalue weighted by Gasteiger charge is -2.06. The Morgan fingerprint density at radius 2 is 2.13 bits per heavy atom. The first kappa shape index (κ1) is 9.93. The maximum absolute atomic E-state index is 9.46. The predicted molar refractivity (Wildman–Crippen MR) is 58.9 cm³/mol. The van der Waals surface area contributed by atoms with Crippen LogP contribution in [0.15, 0.2) is 30.5 Å². The fraction of sp³-hybridized carbons (Fsp3) is 0.250. The Morgan fingerprint density at radius 1 is 1.33 bits per heavy atom. The molecule has 0 saturated carbocycles. The number of hydrogen-bond acceptors (Lipinski definition) is 3. The van der Waals surface area contributed by atoms with E-state index in [9.17, 15) is 5.11 Å². The molecule has 1 aromatic carbocycles. The molecule has 78 valence electrons. The molecule has 2 rings (SSSR count). The highest BCUT2D eigenvalue weighted by Gasteiger charge is 2.03. The van der Waals surface area contributed by atoms with E-state index in [-0.39, 0.29) is 0 Å². The topological polar surface area (TPSA) is 42.4 Å². The molecule has 0 fully saturated rings. The Hall–Kier alpha value is -1.61. The summed E-state index contributed by atoms with van der Waals surface area (Å²) in [6.07, 6.45) is 1.23. The quantitative estimate of drug-likeness (QED) is 0.814. The molecule has 0 aliphatic rings. The van der Waals surface area contributed by atoms with E-state index in [1.807, 2.05) is 24.3 Å². The van der Waals surface area contributed by atoms with Crippen molar-refractivity contribution in [3.05, 3.63) is 36.0 Å². The summed E-state index contributed by atoms with van der Waals surface area (Å²) < 4.78 is 5.10. The molecule has 0 saturated heterocycles. The zero-order chi connectivity index (χ0) is 10.8. The molecule has 0 spiro atoms. The van der Waals surface area contributed by atoms with Crippen molar-refractivity contribution in [3.8, 4) is 5.75 Å². The Bertz CT molecular complexity index is 480. The maximum atomic E-state index is 9.46. The van der Waals surface area contributed by atoms with Crippen LogP contribution < -0.4 is 4.74 Å². The molecule has 1 heterocycles. The Balaban J connectivity index is 2.57. The fourth-order valence-corrected chi connectivity index (χ4v) is 1.50. The van der Waals surface area contributed by atoms with E-state index in [4.69, 9.17) is 4.74 Å².